The standard InChI is InChI=1S/C9H16F2O2/c1-5-8(2,3)7(12)13-6-9(4,10)11/h5-6H2,1-4H3. The van der Waals surface area contributed by atoms with E-state index in [0.29, 0.717) is 6.42 Å². The molecular weight excluding hydrogens is 178 g/mol. The molecule has 0 aliphatic rings. The molecule has 0 saturated carbocycles. The Morgan fingerprint density at radius 2 is 1.77 bits per heavy atom. The Balaban J connectivity index is 4.03. The lowest BCUT2D eigenvalue weighted by atomic mass is 9.91. The van der Waals surface area contributed by atoms with Crippen LogP contribution in [0.15, 0.2) is 0 Å². The van der Waals surface area contributed by atoms with Gasteiger partial charge in [0.05, 0.1) is 5.41 Å². The summed E-state index contributed by atoms with van der Waals surface area (Å²) in [4.78, 5) is 11.2. The van der Waals surface area contributed by atoms with Gasteiger partial charge in [0, 0.05) is 6.92 Å². The van der Waals surface area contributed by atoms with E-state index in [1.807, 2.05) is 6.92 Å². The molecule has 0 aromatic rings. The number of halogens is 2. The number of hydrogen-bond donors (Lipinski definition) is 0. The van der Waals surface area contributed by atoms with Crippen molar-refractivity contribution in [2.45, 2.75) is 40.0 Å². The van der Waals surface area contributed by atoms with Crippen LogP contribution in [-0.4, -0.2) is 18.5 Å². The first-order valence-corrected chi connectivity index (χ1v) is 4.24. The van der Waals surface area contributed by atoms with Crippen molar-refractivity contribution in [3.05, 3.63) is 0 Å². The summed E-state index contributed by atoms with van der Waals surface area (Å²) in [5.74, 6) is -3.52. The molecule has 0 N–H and O–H groups in total. The molecule has 0 heterocycles. The Kier molecular flexibility index (Phi) is 3.82. The first-order chi connectivity index (χ1) is 5.69. The van der Waals surface area contributed by atoms with Crippen LogP contribution in [0.1, 0.15) is 34.1 Å². The highest BCUT2D eigenvalue weighted by molar-refractivity contribution is 5.75. The lowest BCUT2D eigenvalue weighted by Gasteiger charge is -2.21. The molecule has 0 aromatic heterocycles. The van der Waals surface area contributed by atoms with Crippen molar-refractivity contribution in [2.24, 2.45) is 5.41 Å². The zero-order chi connectivity index (χ0) is 10.7. The monoisotopic (exact) mass is 194 g/mol. The molecule has 0 aliphatic heterocycles. The average Bonchev–Trinajstić information content (AvgIpc) is 1.98. The Hall–Kier alpha value is -0.670. The normalized spacial score (nSPS) is 12.8. The van der Waals surface area contributed by atoms with Gasteiger partial charge >= 0.3 is 5.97 Å². The first kappa shape index (κ1) is 12.3. The Bertz CT molecular complexity index is 183. The topological polar surface area (TPSA) is 26.3 Å². The molecule has 0 bridgehead atoms. The Labute approximate surface area is 77.3 Å². The van der Waals surface area contributed by atoms with Crippen LogP contribution in [0.25, 0.3) is 0 Å². The highest BCUT2D eigenvalue weighted by Crippen LogP contribution is 2.22. The summed E-state index contributed by atoms with van der Waals surface area (Å²) in [6.45, 7) is 5.03. The van der Waals surface area contributed by atoms with Crippen LogP contribution in [0.5, 0.6) is 0 Å². The average molecular weight is 194 g/mol. The fourth-order valence-corrected chi connectivity index (χ4v) is 0.532. The predicted octanol–water partition coefficient (Wildman–Crippen LogP) is 2.62. The van der Waals surface area contributed by atoms with Crippen LogP contribution in [0.4, 0.5) is 8.78 Å². The molecule has 0 saturated heterocycles. The van der Waals surface area contributed by atoms with Gasteiger partial charge in [-0.15, -0.1) is 0 Å². The summed E-state index contributed by atoms with van der Waals surface area (Å²) >= 11 is 0. The van der Waals surface area contributed by atoms with Gasteiger partial charge in [-0.25, -0.2) is 8.78 Å². The minimum atomic E-state index is -2.94. The number of carbonyl (C=O) groups is 1. The number of rotatable bonds is 4. The lowest BCUT2D eigenvalue weighted by Crippen LogP contribution is -2.30. The molecule has 0 rings (SSSR count). The summed E-state index contributed by atoms with van der Waals surface area (Å²) < 4.78 is 29.1. The van der Waals surface area contributed by atoms with Crippen LogP contribution >= 0.6 is 0 Å². The molecule has 0 radical (unpaired) electrons. The molecule has 4 heteroatoms. The highest BCUT2D eigenvalue weighted by atomic mass is 19.3. The Morgan fingerprint density at radius 3 is 2.08 bits per heavy atom. The van der Waals surface area contributed by atoms with Crippen molar-refractivity contribution in [1.82, 2.24) is 0 Å². The van der Waals surface area contributed by atoms with E-state index in [2.05, 4.69) is 4.74 Å². The Morgan fingerprint density at radius 1 is 1.31 bits per heavy atom. The van der Waals surface area contributed by atoms with Gasteiger partial charge in [-0.05, 0) is 20.3 Å². The van der Waals surface area contributed by atoms with Crippen molar-refractivity contribution >= 4 is 5.97 Å². The molecule has 0 amide bonds. The fraction of sp³-hybridized carbons (Fsp3) is 0.889. The zero-order valence-electron chi connectivity index (χ0n) is 8.49. The molecule has 13 heavy (non-hydrogen) atoms. The maximum absolute atomic E-state index is 12.3. The molecule has 2 nitrogen and oxygen atoms in total. The molecule has 0 spiro atoms. The van der Waals surface area contributed by atoms with Crippen molar-refractivity contribution < 1.29 is 18.3 Å². The predicted molar refractivity (Wildman–Crippen MR) is 45.7 cm³/mol. The van der Waals surface area contributed by atoms with Crippen LogP contribution in [0.2, 0.25) is 0 Å². The molecular formula is C9H16F2O2. The summed E-state index contributed by atoms with van der Waals surface area (Å²) in [6.07, 6.45) is 0.571. The minimum Gasteiger partial charge on any atom is -0.459 e. The van der Waals surface area contributed by atoms with Crippen molar-refractivity contribution in [2.75, 3.05) is 6.61 Å². The number of ether oxygens (including phenoxy) is 1. The van der Waals surface area contributed by atoms with Gasteiger partial charge in [0.25, 0.3) is 5.92 Å². The summed E-state index contributed by atoms with van der Waals surface area (Å²) in [5.41, 5.74) is -0.675. The summed E-state index contributed by atoms with van der Waals surface area (Å²) in [6, 6.07) is 0. The number of esters is 1. The van der Waals surface area contributed by atoms with E-state index in [-0.39, 0.29) is 0 Å². The largest absolute Gasteiger partial charge is 0.459 e. The van der Waals surface area contributed by atoms with E-state index in [1.165, 1.54) is 0 Å². The third-order valence-corrected chi connectivity index (χ3v) is 1.89. The maximum atomic E-state index is 12.3. The molecule has 0 atom stereocenters. The van der Waals surface area contributed by atoms with E-state index in [4.69, 9.17) is 0 Å². The van der Waals surface area contributed by atoms with E-state index >= 15 is 0 Å². The smallest absolute Gasteiger partial charge is 0.311 e. The number of alkyl halides is 2. The first-order valence-electron chi connectivity index (χ1n) is 4.24. The van der Waals surface area contributed by atoms with Gasteiger partial charge < -0.3 is 4.74 Å². The zero-order valence-corrected chi connectivity index (χ0v) is 8.49. The van der Waals surface area contributed by atoms with Crippen LogP contribution in [-0.2, 0) is 9.53 Å². The van der Waals surface area contributed by atoms with Crippen molar-refractivity contribution in [1.29, 1.82) is 0 Å². The molecule has 0 unspecified atom stereocenters. The van der Waals surface area contributed by atoms with E-state index < -0.39 is 23.9 Å². The number of carbonyl (C=O) groups excluding carboxylic acids is 1. The van der Waals surface area contributed by atoms with E-state index in [1.54, 1.807) is 13.8 Å². The molecule has 0 fully saturated rings. The van der Waals surface area contributed by atoms with Gasteiger partial charge in [0.2, 0.25) is 0 Å². The molecule has 0 aromatic carbocycles. The second-order valence-corrected chi connectivity index (χ2v) is 3.88. The summed E-state index contributed by atoms with van der Waals surface area (Å²) in [7, 11) is 0. The SMILES string of the molecule is CCC(C)(C)C(=O)OCC(C)(F)F. The second kappa shape index (κ2) is 4.03. The third kappa shape index (κ3) is 4.80. The quantitative estimate of drug-likeness (QED) is 0.643. The molecule has 0 aliphatic carbocycles. The van der Waals surface area contributed by atoms with Crippen LogP contribution in [0.3, 0.4) is 0 Å². The second-order valence-electron chi connectivity index (χ2n) is 3.88. The van der Waals surface area contributed by atoms with Gasteiger partial charge in [-0.1, -0.05) is 6.92 Å². The van der Waals surface area contributed by atoms with Gasteiger partial charge in [0.1, 0.15) is 0 Å². The van der Waals surface area contributed by atoms with Crippen molar-refractivity contribution in [3.8, 4) is 0 Å². The van der Waals surface area contributed by atoms with E-state index in [9.17, 15) is 13.6 Å². The van der Waals surface area contributed by atoms with Gasteiger partial charge in [-0.3, -0.25) is 4.79 Å². The van der Waals surface area contributed by atoms with Gasteiger partial charge in [0.15, 0.2) is 6.61 Å². The van der Waals surface area contributed by atoms with Crippen LogP contribution in [0, 0.1) is 5.41 Å². The van der Waals surface area contributed by atoms with E-state index in [0.717, 1.165) is 6.92 Å². The maximum Gasteiger partial charge on any atom is 0.311 e. The van der Waals surface area contributed by atoms with Gasteiger partial charge in [-0.2, -0.15) is 0 Å². The lowest BCUT2D eigenvalue weighted by molar-refractivity contribution is -0.163. The highest BCUT2D eigenvalue weighted by Gasteiger charge is 2.30. The third-order valence-electron chi connectivity index (χ3n) is 1.89. The minimum absolute atomic E-state index is 0.571. The van der Waals surface area contributed by atoms with Crippen LogP contribution < -0.4 is 0 Å². The fourth-order valence-electron chi connectivity index (χ4n) is 0.532. The van der Waals surface area contributed by atoms with Crippen molar-refractivity contribution in [3.63, 3.8) is 0 Å². The molecule has 78 valence electrons. The summed E-state index contributed by atoms with van der Waals surface area (Å²) in [5, 5.41) is 0. The number of hydrogen-bond acceptors (Lipinski definition) is 2.